The van der Waals surface area contributed by atoms with Crippen LogP contribution >= 0.6 is 0 Å². The molecule has 2 N–H and O–H groups in total. The summed E-state index contributed by atoms with van der Waals surface area (Å²) in [5.74, 6) is 0.237. The van der Waals surface area contributed by atoms with Gasteiger partial charge in [0.15, 0.2) is 11.5 Å². The van der Waals surface area contributed by atoms with Gasteiger partial charge in [0.25, 0.3) is 0 Å². The largest absolute Gasteiger partial charge is 0.504 e. The predicted molar refractivity (Wildman–Crippen MR) is 84.1 cm³/mol. The van der Waals surface area contributed by atoms with Gasteiger partial charge in [-0.05, 0) is 37.3 Å². The summed E-state index contributed by atoms with van der Waals surface area (Å²) < 4.78 is 6.94. The van der Waals surface area contributed by atoms with Gasteiger partial charge in [0.05, 0.1) is 19.2 Å². The first-order valence-corrected chi connectivity index (χ1v) is 6.82. The van der Waals surface area contributed by atoms with E-state index in [2.05, 4.69) is 10.5 Å². The molecule has 0 bridgehead atoms. The average molecular weight is 301 g/mol. The van der Waals surface area contributed by atoms with Crippen LogP contribution in [0.4, 0.5) is 0 Å². The van der Waals surface area contributed by atoms with Gasteiger partial charge >= 0.3 is 0 Å². The fourth-order valence-electron chi connectivity index (χ4n) is 2.00. The summed E-state index contributed by atoms with van der Waals surface area (Å²) in [5.41, 5.74) is 4.83. The minimum atomic E-state index is -0.188. The molecule has 0 radical (unpaired) electrons. The lowest BCUT2D eigenvalue weighted by molar-refractivity contribution is -0.120. The second kappa shape index (κ2) is 6.80. The Morgan fingerprint density at radius 3 is 2.82 bits per heavy atom. The number of benzene rings is 1. The van der Waals surface area contributed by atoms with Gasteiger partial charge < -0.3 is 14.4 Å². The van der Waals surface area contributed by atoms with Crippen LogP contribution in [0.5, 0.6) is 11.5 Å². The number of hydrazone groups is 1. The molecule has 1 heterocycles. The molecular formula is C16H19N3O3. The van der Waals surface area contributed by atoms with Gasteiger partial charge in [0.1, 0.15) is 0 Å². The molecule has 6 heteroatoms. The van der Waals surface area contributed by atoms with Crippen molar-refractivity contribution in [2.45, 2.75) is 13.3 Å². The van der Waals surface area contributed by atoms with E-state index in [1.165, 1.54) is 13.2 Å². The second-order valence-corrected chi connectivity index (χ2v) is 4.91. The first-order chi connectivity index (χ1) is 10.5. The number of phenols is 1. The Bertz CT molecular complexity index is 704. The van der Waals surface area contributed by atoms with Crippen molar-refractivity contribution < 1.29 is 14.6 Å². The lowest BCUT2D eigenvalue weighted by atomic mass is 10.1. The van der Waals surface area contributed by atoms with E-state index in [0.717, 1.165) is 11.3 Å². The highest BCUT2D eigenvalue weighted by molar-refractivity contribution is 5.99. The highest BCUT2D eigenvalue weighted by atomic mass is 16.5. The molecule has 1 aromatic carbocycles. The molecule has 2 rings (SSSR count). The van der Waals surface area contributed by atoms with Crippen LogP contribution < -0.4 is 10.2 Å². The number of rotatable bonds is 5. The third-order valence-electron chi connectivity index (χ3n) is 3.34. The van der Waals surface area contributed by atoms with Gasteiger partial charge in [-0.3, -0.25) is 4.79 Å². The van der Waals surface area contributed by atoms with Crippen LogP contribution in [0.25, 0.3) is 0 Å². The molecule has 0 unspecified atom stereocenters. The Balaban J connectivity index is 2.03. The van der Waals surface area contributed by atoms with E-state index in [1.54, 1.807) is 19.1 Å². The molecule has 2 aromatic rings. The number of ether oxygens (including phenoxy) is 1. The molecule has 0 atom stereocenters. The lowest BCUT2D eigenvalue weighted by Crippen LogP contribution is -2.22. The van der Waals surface area contributed by atoms with Crippen molar-refractivity contribution in [3.05, 3.63) is 47.8 Å². The SMILES string of the molecule is COc1cc(C(C)=NNC(=O)Cc2cccn2C)ccc1O. The minimum Gasteiger partial charge on any atom is -0.504 e. The standard InChI is InChI=1S/C16H19N3O3/c1-11(12-6-7-14(20)15(9-12)22-3)17-18-16(21)10-13-5-4-8-19(13)2/h4-9,20H,10H2,1-3H3,(H,18,21). The van der Waals surface area contributed by atoms with Gasteiger partial charge in [-0.25, -0.2) is 5.43 Å². The van der Waals surface area contributed by atoms with E-state index >= 15 is 0 Å². The highest BCUT2D eigenvalue weighted by Crippen LogP contribution is 2.26. The number of aromatic hydroxyl groups is 1. The summed E-state index contributed by atoms with van der Waals surface area (Å²) in [4.78, 5) is 11.9. The van der Waals surface area contributed by atoms with Crippen molar-refractivity contribution in [1.29, 1.82) is 0 Å². The summed E-state index contributed by atoms with van der Waals surface area (Å²) in [7, 11) is 3.37. The molecule has 1 amide bonds. The van der Waals surface area contributed by atoms with Crippen molar-refractivity contribution in [2.24, 2.45) is 12.1 Å². The number of aromatic nitrogens is 1. The molecule has 0 fully saturated rings. The molecule has 0 saturated heterocycles. The van der Waals surface area contributed by atoms with Gasteiger partial charge in [0, 0.05) is 24.5 Å². The van der Waals surface area contributed by atoms with Gasteiger partial charge in [-0.15, -0.1) is 0 Å². The van der Waals surface area contributed by atoms with E-state index in [4.69, 9.17) is 4.74 Å². The molecule has 0 spiro atoms. The first-order valence-electron chi connectivity index (χ1n) is 6.82. The fraction of sp³-hybridized carbons (Fsp3) is 0.250. The monoisotopic (exact) mass is 301 g/mol. The lowest BCUT2D eigenvalue weighted by Gasteiger charge is -2.07. The third kappa shape index (κ3) is 3.66. The summed E-state index contributed by atoms with van der Waals surface area (Å²) in [6.07, 6.45) is 2.15. The maximum atomic E-state index is 11.9. The Kier molecular flexibility index (Phi) is 4.83. The van der Waals surface area contributed by atoms with Crippen molar-refractivity contribution in [1.82, 2.24) is 9.99 Å². The molecule has 0 aliphatic carbocycles. The quantitative estimate of drug-likeness (QED) is 0.653. The number of hydrogen-bond donors (Lipinski definition) is 2. The maximum Gasteiger partial charge on any atom is 0.246 e. The molecule has 0 aliphatic heterocycles. The molecular weight excluding hydrogens is 282 g/mol. The van der Waals surface area contributed by atoms with Crippen molar-refractivity contribution in [3.8, 4) is 11.5 Å². The molecule has 22 heavy (non-hydrogen) atoms. The zero-order valence-corrected chi connectivity index (χ0v) is 12.8. The van der Waals surface area contributed by atoms with Crippen LogP contribution in [0.3, 0.4) is 0 Å². The highest BCUT2D eigenvalue weighted by Gasteiger charge is 2.07. The minimum absolute atomic E-state index is 0.0618. The van der Waals surface area contributed by atoms with Crippen molar-refractivity contribution in [2.75, 3.05) is 7.11 Å². The molecule has 0 aliphatic rings. The first kappa shape index (κ1) is 15.6. The van der Waals surface area contributed by atoms with Crippen LogP contribution in [-0.2, 0) is 18.3 Å². The normalized spacial score (nSPS) is 11.3. The topological polar surface area (TPSA) is 75.8 Å². The van der Waals surface area contributed by atoms with E-state index in [1.807, 2.05) is 29.9 Å². The van der Waals surface area contributed by atoms with Crippen LogP contribution in [0.1, 0.15) is 18.2 Å². The van der Waals surface area contributed by atoms with Gasteiger partial charge in [0.2, 0.25) is 5.91 Å². The smallest absolute Gasteiger partial charge is 0.246 e. The van der Waals surface area contributed by atoms with Gasteiger partial charge in [-0.1, -0.05) is 0 Å². The van der Waals surface area contributed by atoms with E-state index in [0.29, 0.717) is 11.5 Å². The molecule has 116 valence electrons. The number of hydrogen-bond acceptors (Lipinski definition) is 4. The summed E-state index contributed by atoms with van der Waals surface area (Å²) in [6, 6.07) is 8.68. The average Bonchev–Trinajstić information content (AvgIpc) is 2.90. The number of nitrogens with one attached hydrogen (secondary N) is 1. The van der Waals surface area contributed by atoms with Crippen LogP contribution in [0.2, 0.25) is 0 Å². The van der Waals surface area contributed by atoms with E-state index in [-0.39, 0.29) is 18.1 Å². The zero-order chi connectivity index (χ0) is 16.1. The van der Waals surface area contributed by atoms with Crippen LogP contribution in [0, 0.1) is 0 Å². The Morgan fingerprint density at radius 2 is 2.18 bits per heavy atom. The summed E-state index contributed by atoms with van der Waals surface area (Å²) in [5, 5.41) is 13.6. The zero-order valence-electron chi connectivity index (χ0n) is 12.8. The van der Waals surface area contributed by atoms with Crippen molar-refractivity contribution in [3.63, 3.8) is 0 Å². The Labute approximate surface area is 129 Å². The Hall–Kier alpha value is -2.76. The van der Waals surface area contributed by atoms with Crippen LogP contribution in [-0.4, -0.2) is 28.4 Å². The number of carbonyl (C=O) groups is 1. The molecule has 6 nitrogen and oxygen atoms in total. The number of nitrogens with zero attached hydrogens (tertiary/aromatic N) is 2. The number of amides is 1. The van der Waals surface area contributed by atoms with E-state index in [9.17, 15) is 9.90 Å². The third-order valence-corrected chi connectivity index (χ3v) is 3.34. The summed E-state index contributed by atoms with van der Waals surface area (Å²) in [6.45, 7) is 1.77. The number of methoxy groups -OCH3 is 1. The summed E-state index contributed by atoms with van der Waals surface area (Å²) >= 11 is 0. The van der Waals surface area contributed by atoms with Gasteiger partial charge in [-0.2, -0.15) is 5.10 Å². The Morgan fingerprint density at radius 1 is 1.41 bits per heavy atom. The predicted octanol–water partition coefficient (Wildman–Crippen LogP) is 1.82. The van der Waals surface area contributed by atoms with Crippen LogP contribution in [0.15, 0.2) is 41.6 Å². The molecule has 1 aromatic heterocycles. The van der Waals surface area contributed by atoms with E-state index < -0.39 is 0 Å². The number of aryl methyl sites for hydroxylation is 1. The number of carbonyl (C=O) groups excluding carboxylic acids is 1. The van der Waals surface area contributed by atoms with Crippen molar-refractivity contribution >= 4 is 11.6 Å². The second-order valence-electron chi connectivity index (χ2n) is 4.91. The molecule has 0 saturated carbocycles. The fourth-order valence-corrected chi connectivity index (χ4v) is 2.00. The maximum absolute atomic E-state index is 11.9. The number of phenolic OH excluding ortho intramolecular Hbond substituents is 1.